The first-order valence-corrected chi connectivity index (χ1v) is 24.8. The van der Waals surface area contributed by atoms with E-state index in [1.54, 1.807) is 0 Å². The normalized spacial score (nSPS) is 11.2. The van der Waals surface area contributed by atoms with Gasteiger partial charge in [-0.3, -0.25) is 9.55 Å². The molecule has 2 aromatic heterocycles. The summed E-state index contributed by atoms with van der Waals surface area (Å²) in [4.78, 5) is 9.65. The van der Waals surface area contributed by atoms with Crippen molar-refractivity contribution < 1.29 is 20.1 Å². The van der Waals surface area contributed by atoms with Crippen LogP contribution in [-0.2, 0) is 20.1 Å². The third kappa shape index (κ3) is 11.1. The third-order valence-corrected chi connectivity index (χ3v) is 13.2. The molecule has 0 aliphatic rings. The molecule has 0 spiro atoms. The second-order valence-electron chi connectivity index (χ2n) is 19.4. The Balaban J connectivity index is 0.000000188. The van der Waals surface area contributed by atoms with E-state index in [0.717, 1.165) is 22.8 Å². The van der Waals surface area contributed by atoms with Crippen molar-refractivity contribution in [2.24, 2.45) is 0 Å². The molecule has 0 amide bonds. The maximum absolute atomic E-state index is 4.84. The first-order valence-electron chi connectivity index (χ1n) is 24.8. The fourth-order valence-electron chi connectivity index (χ4n) is 9.53. The molecule has 2 heterocycles. The first-order chi connectivity index (χ1) is 34.0. The van der Waals surface area contributed by atoms with Crippen LogP contribution in [0, 0.1) is 6.07 Å². The van der Waals surface area contributed by atoms with E-state index in [1.807, 2.05) is 24.5 Å². The Kier molecular flexibility index (Phi) is 16.1. The van der Waals surface area contributed by atoms with Gasteiger partial charge >= 0.3 is 0 Å². The summed E-state index contributed by atoms with van der Waals surface area (Å²) in [5.41, 5.74) is 19.8. The van der Waals surface area contributed by atoms with Crippen molar-refractivity contribution in [3.63, 3.8) is 0 Å². The minimum atomic E-state index is 0. The van der Waals surface area contributed by atoms with Gasteiger partial charge in [0.2, 0.25) is 0 Å². The van der Waals surface area contributed by atoms with Gasteiger partial charge in [-0.2, -0.15) is 0 Å². The summed E-state index contributed by atoms with van der Waals surface area (Å²) in [5.74, 6) is 3.36. The molecule has 0 N–H and O–H groups in total. The van der Waals surface area contributed by atoms with Crippen LogP contribution in [0.25, 0.3) is 78.7 Å². The second-order valence-corrected chi connectivity index (χ2v) is 19.4. The largest absolute Gasteiger partial charge is 0.340 e. The number of benzene rings is 8. The number of imidazole rings is 2. The van der Waals surface area contributed by atoms with Crippen molar-refractivity contribution in [3.05, 3.63) is 241 Å². The van der Waals surface area contributed by atoms with Crippen molar-refractivity contribution in [3.8, 4) is 78.7 Å². The summed E-state index contributed by atoms with van der Waals surface area (Å²) in [6.07, 6.45) is 8.02. The Labute approximate surface area is 435 Å². The van der Waals surface area contributed by atoms with Gasteiger partial charge in [0.05, 0.1) is 11.5 Å². The van der Waals surface area contributed by atoms with E-state index in [1.165, 1.54) is 78.1 Å². The van der Waals surface area contributed by atoms with E-state index in [4.69, 9.17) is 9.97 Å². The van der Waals surface area contributed by atoms with Crippen molar-refractivity contribution in [2.45, 2.75) is 79.1 Å². The average molecular weight is 1100 g/mol. The minimum Gasteiger partial charge on any atom is -0.340 e. The Morgan fingerprint density at radius 2 is 0.676 bits per heavy atom. The quantitative estimate of drug-likeness (QED) is 0.114. The Hall–Kier alpha value is -7.17. The second kappa shape index (κ2) is 22.7. The van der Waals surface area contributed by atoms with Gasteiger partial charge in [-0.15, -0.1) is 35.4 Å². The fraction of sp³-hybridized carbons (Fsp3) is 0.182. The molecular formula is C66H63IrN4-. The molecule has 0 atom stereocenters. The van der Waals surface area contributed by atoms with Gasteiger partial charge in [-0.25, -0.2) is 4.98 Å². The van der Waals surface area contributed by atoms with Crippen LogP contribution in [0.3, 0.4) is 0 Å². The van der Waals surface area contributed by atoms with Gasteiger partial charge in [0.1, 0.15) is 5.82 Å². The molecule has 0 fully saturated rings. The summed E-state index contributed by atoms with van der Waals surface area (Å²) in [5, 5.41) is 0. The zero-order chi connectivity index (χ0) is 48.7. The molecule has 71 heavy (non-hydrogen) atoms. The van der Waals surface area contributed by atoms with Crippen LogP contribution in [0.1, 0.15) is 101 Å². The van der Waals surface area contributed by atoms with E-state index in [9.17, 15) is 0 Å². The van der Waals surface area contributed by atoms with Gasteiger partial charge in [0, 0.05) is 56.1 Å². The summed E-state index contributed by atoms with van der Waals surface area (Å²) in [6, 6.07) is 70.3. The molecule has 4 nitrogen and oxygen atoms in total. The Morgan fingerprint density at radius 3 is 1.08 bits per heavy atom. The molecule has 8 aromatic carbocycles. The van der Waals surface area contributed by atoms with Crippen LogP contribution in [0.5, 0.6) is 0 Å². The van der Waals surface area contributed by atoms with Gasteiger partial charge in [0.25, 0.3) is 0 Å². The van der Waals surface area contributed by atoms with Gasteiger partial charge in [-0.1, -0.05) is 195 Å². The summed E-state index contributed by atoms with van der Waals surface area (Å²) >= 11 is 0. The molecule has 0 saturated heterocycles. The molecule has 0 aliphatic carbocycles. The SMILES string of the molecule is CC(C)c1cc(-c2ccccc2)cc(C(C)C)c1-n1ccnc1-c1[c-]ccc(-c2ccccc2)c1.CC(C)c1cc(-c2ccccc2)cc(C(C)C)c1-n1ccnc1-c1cccc(-c2ccccc2)c1.[Ir]. The zero-order valence-electron chi connectivity index (χ0n) is 42.1. The van der Waals surface area contributed by atoms with Gasteiger partial charge in [-0.05, 0) is 115 Å². The molecule has 0 bridgehead atoms. The van der Waals surface area contributed by atoms with Crippen molar-refractivity contribution in [2.75, 3.05) is 0 Å². The summed E-state index contributed by atoms with van der Waals surface area (Å²) in [7, 11) is 0. The summed E-state index contributed by atoms with van der Waals surface area (Å²) in [6.45, 7) is 18.2. The molecule has 10 rings (SSSR count). The Bertz CT molecular complexity index is 3030. The predicted octanol–water partition coefficient (Wildman–Crippen LogP) is 18.0. The predicted molar refractivity (Wildman–Crippen MR) is 295 cm³/mol. The topological polar surface area (TPSA) is 35.6 Å². The van der Waals surface area contributed by atoms with E-state index in [2.05, 4.69) is 259 Å². The maximum Gasteiger partial charge on any atom is 0.144 e. The van der Waals surface area contributed by atoms with Crippen LogP contribution < -0.4 is 0 Å². The minimum absolute atomic E-state index is 0. The smallest absolute Gasteiger partial charge is 0.144 e. The molecule has 5 heteroatoms. The number of rotatable bonds is 12. The number of hydrogen-bond donors (Lipinski definition) is 0. The first kappa shape index (κ1) is 50.2. The molecule has 10 aromatic rings. The van der Waals surface area contributed by atoms with Crippen LogP contribution >= 0.6 is 0 Å². The molecule has 0 saturated carbocycles. The third-order valence-electron chi connectivity index (χ3n) is 13.2. The number of hydrogen-bond acceptors (Lipinski definition) is 2. The van der Waals surface area contributed by atoms with Gasteiger partial charge in [0.15, 0.2) is 0 Å². The van der Waals surface area contributed by atoms with E-state index in [0.29, 0.717) is 23.7 Å². The zero-order valence-corrected chi connectivity index (χ0v) is 44.5. The van der Waals surface area contributed by atoms with Crippen molar-refractivity contribution in [1.29, 1.82) is 0 Å². The molecular weight excluding hydrogens is 1040 g/mol. The number of aromatic nitrogens is 4. The average Bonchev–Trinajstić information content (AvgIpc) is 4.10. The van der Waals surface area contributed by atoms with Crippen LogP contribution in [0.15, 0.2) is 213 Å². The molecule has 1 radical (unpaired) electrons. The molecule has 0 aliphatic heterocycles. The summed E-state index contributed by atoms with van der Waals surface area (Å²) < 4.78 is 4.56. The van der Waals surface area contributed by atoms with Crippen molar-refractivity contribution in [1.82, 2.24) is 19.1 Å². The van der Waals surface area contributed by atoms with Crippen LogP contribution in [-0.4, -0.2) is 19.1 Å². The van der Waals surface area contributed by atoms with E-state index >= 15 is 0 Å². The van der Waals surface area contributed by atoms with E-state index < -0.39 is 0 Å². The maximum atomic E-state index is 4.84. The molecule has 357 valence electrons. The van der Waals surface area contributed by atoms with Crippen molar-refractivity contribution >= 4 is 0 Å². The van der Waals surface area contributed by atoms with Crippen LogP contribution in [0.2, 0.25) is 0 Å². The van der Waals surface area contributed by atoms with E-state index in [-0.39, 0.29) is 20.1 Å². The molecule has 0 unspecified atom stereocenters. The van der Waals surface area contributed by atoms with Crippen LogP contribution in [0.4, 0.5) is 0 Å². The monoisotopic (exact) mass is 1100 g/mol. The standard InChI is InChI=1S/C33H32N2.C33H31N2.Ir/c2*1-23(2)30-21-29(26-14-9-6-10-15-26)22-31(24(3)4)32(30)35-19-18-34-33(35)28-17-11-16-27(20-28)25-12-7-5-8-13-25;/h5-24H,1-4H3;5-16,18-24H,1-4H3;/q;-1;. The number of nitrogens with zero attached hydrogens (tertiary/aromatic N) is 4. The van der Waals surface area contributed by atoms with Gasteiger partial charge < -0.3 is 4.57 Å². The fourth-order valence-corrected chi connectivity index (χ4v) is 9.53. The Morgan fingerprint density at radius 1 is 0.338 bits per heavy atom.